The number of Topliss-reactive ketones (excluding diaryl/α,β-unsaturated/α-hetero) is 1. The normalized spacial score (nSPS) is 15.6. The molecule has 0 fully saturated rings. The molecule has 0 amide bonds. The summed E-state index contributed by atoms with van der Waals surface area (Å²) in [5.41, 5.74) is 5.62. The molecule has 5 rings (SSSR count). The lowest BCUT2D eigenvalue weighted by Crippen LogP contribution is -2.26. The largest absolute Gasteiger partial charge is 0.356 e. The number of rotatable bonds is 3. The molecule has 0 saturated carbocycles. The zero-order chi connectivity index (χ0) is 19.3. The number of fused-ring (bicyclic) bond motifs is 2. The summed E-state index contributed by atoms with van der Waals surface area (Å²) in [5, 5.41) is 6.85. The molecular formula is C23H21N3OS. The van der Waals surface area contributed by atoms with E-state index in [1.165, 1.54) is 10.1 Å². The Labute approximate surface area is 167 Å². The zero-order valence-electron chi connectivity index (χ0n) is 15.9. The van der Waals surface area contributed by atoms with Gasteiger partial charge in [0, 0.05) is 40.5 Å². The second-order valence-electron chi connectivity index (χ2n) is 8.20. The Hall–Kier alpha value is -2.92. The molecular weight excluding hydrogens is 366 g/mol. The summed E-state index contributed by atoms with van der Waals surface area (Å²) in [4.78, 5) is 20.7. The molecule has 5 heteroatoms. The maximum absolute atomic E-state index is 13.1. The fourth-order valence-electron chi connectivity index (χ4n) is 4.10. The Morgan fingerprint density at radius 2 is 1.93 bits per heavy atom. The van der Waals surface area contributed by atoms with Crippen LogP contribution in [0.2, 0.25) is 0 Å². The van der Waals surface area contributed by atoms with Crippen molar-refractivity contribution in [3.05, 3.63) is 65.4 Å². The number of pyridine rings is 1. The van der Waals surface area contributed by atoms with E-state index in [0.717, 1.165) is 40.3 Å². The van der Waals surface area contributed by atoms with Crippen molar-refractivity contribution in [1.82, 2.24) is 9.97 Å². The van der Waals surface area contributed by atoms with Crippen LogP contribution in [0.1, 0.15) is 36.3 Å². The number of nitrogens with zero attached hydrogens (tertiary/aromatic N) is 1. The smallest absolute Gasteiger partial charge is 0.167 e. The van der Waals surface area contributed by atoms with E-state index in [9.17, 15) is 4.79 Å². The first-order valence-corrected chi connectivity index (χ1v) is 10.3. The van der Waals surface area contributed by atoms with Crippen molar-refractivity contribution < 1.29 is 4.79 Å². The SMILES string of the molecule is CC1(C)CC(=O)c2c([nH]c(-c3ccncc3)c2Nc2ccc3sccc3c2)C1. The van der Waals surface area contributed by atoms with E-state index < -0.39 is 0 Å². The molecule has 4 nitrogen and oxygen atoms in total. The molecule has 0 unspecified atom stereocenters. The van der Waals surface area contributed by atoms with Gasteiger partial charge in [-0.1, -0.05) is 13.8 Å². The van der Waals surface area contributed by atoms with Crippen LogP contribution in [0.4, 0.5) is 11.4 Å². The van der Waals surface area contributed by atoms with Crippen LogP contribution in [0, 0.1) is 5.41 Å². The van der Waals surface area contributed by atoms with Crippen molar-refractivity contribution in [2.24, 2.45) is 5.41 Å². The van der Waals surface area contributed by atoms with E-state index >= 15 is 0 Å². The van der Waals surface area contributed by atoms with Crippen LogP contribution >= 0.6 is 11.3 Å². The van der Waals surface area contributed by atoms with Gasteiger partial charge in [-0.05, 0) is 59.0 Å². The van der Waals surface area contributed by atoms with Crippen molar-refractivity contribution in [3.8, 4) is 11.3 Å². The molecule has 1 aliphatic rings. The fraction of sp³-hybridized carbons (Fsp3) is 0.217. The average molecular weight is 388 g/mol. The van der Waals surface area contributed by atoms with E-state index in [0.29, 0.717) is 6.42 Å². The molecule has 28 heavy (non-hydrogen) atoms. The third-order valence-electron chi connectivity index (χ3n) is 5.34. The van der Waals surface area contributed by atoms with Gasteiger partial charge in [0.05, 0.1) is 16.9 Å². The number of hydrogen-bond acceptors (Lipinski definition) is 4. The van der Waals surface area contributed by atoms with Crippen LogP contribution in [0.5, 0.6) is 0 Å². The lowest BCUT2D eigenvalue weighted by atomic mass is 9.76. The first-order valence-electron chi connectivity index (χ1n) is 9.43. The van der Waals surface area contributed by atoms with Crippen LogP contribution in [0.3, 0.4) is 0 Å². The summed E-state index contributed by atoms with van der Waals surface area (Å²) >= 11 is 1.73. The number of nitrogens with one attached hydrogen (secondary N) is 2. The molecule has 3 aromatic heterocycles. The molecule has 0 saturated heterocycles. The maximum Gasteiger partial charge on any atom is 0.167 e. The number of aromatic nitrogens is 2. The molecule has 0 radical (unpaired) electrons. The summed E-state index contributed by atoms with van der Waals surface area (Å²) in [5.74, 6) is 0.196. The van der Waals surface area contributed by atoms with Crippen LogP contribution in [0.15, 0.2) is 54.2 Å². The topological polar surface area (TPSA) is 57.8 Å². The summed E-state index contributed by atoms with van der Waals surface area (Å²) in [6.45, 7) is 4.30. The molecule has 140 valence electrons. The predicted molar refractivity (Wildman–Crippen MR) is 116 cm³/mol. The lowest BCUT2D eigenvalue weighted by Gasteiger charge is -2.28. The third kappa shape index (κ3) is 2.92. The molecule has 1 aromatic carbocycles. The van der Waals surface area contributed by atoms with Gasteiger partial charge in [-0.25, -0.2) is 0 Å². The van der Waals surface area contributed by atoms with Crippen molar-refractivity contribution in [3.63, 3.8) is 0 Å². The van der Waals surface area contributed by atoms with Gasteiger partial charge in [0.1, 0.15) is 0 Å². The lowest BCUT2D eigenvalue weighted by molar-refractivity contribution is 0.0912. The molecule has 0 atom stereocenters. The molecule has 0 aliphatic heterocycles. The van der Waals surface area contributed by atoms with Gasteiger partial charge in [0.25, 0.3) is 0 Å². The highest BCUT2D eigenvalue weighted by Crippen LogP contribution is 2.43. The maximum atomic E-state index is 13.1. The number of hydrogen-bond donors (Lipinski definition) is 2. The van der Waals surface area contributed by atoms with E-state index in [1.54, 1.807) is 23.7 Å². The third-order valence-corrected chi connectivity index (χ3v) is 6.24. The Morgan fingerprint density at radius 1 is 1.11 bits per heavy atom. The van der Waals surface area contributed by atoms with Gasteiger partial charge < -0.3 is 10.3 Å². The number of ketones is 1. The molecule has 1 aliphatic carbocycles. The number of H-pyrrole nitrogens is 1. The van der Waals surface area contributed by atoms with E-state index in [2.05, 4.69) is 58.8 Å². The Kier molecular flexibility index (Phi) is 3.88. The number of carbonyl (C=O) groups is 1. The van der Waals surface area contributed by atoms with Crippen LogP contribution in [-0.4, -0.2) is 15.8 Å². The number of thiophene rings is 1. The summed E-state index contributed by atoms with van der Waals surface area (Å²) in [6.07, 6.45) is 4.98. The standard InChI is InChI=1S/C23H21N3OS/c1-23(2)12-17-20(18(27)13-23)22(21(26-17)14-5-8-24-9-6-14)25-16-3-4-19-15(11-16)7-10-28-19/h3-11,25-26H,12-13H2,1-2H3. The Bertz CT molecular complexity index is 1190. The van der Waals surface area contributed by atoms with E-state index in [4.69, 9.17) is 0 Å². The quantitative estimate of drug-likeness (QED) is 0.441. The van der Waals surface area contributed by atoms with E-state index in [-0.39, 0.29) is 11.2 Å². The van der Waals surface area contributed by atoms with Crippen LogP contribution < -0.4 is 5.32 Å². The van der Waals surface area contributed by atoms with Crippen molar-refractivity contribution >= 4 is 38.6 Å². The summed E-state index contributed by atoms with van der Waals surface area (Å²) in [7, 11) is 0. The highest BCUT2D eigenvalue weighted by Gasteiger charge is 2.35. The van der Waals surface area contributed by atoms with Crippen LogP contribution in [-0.2, 0) is 6.42 Å². The van der Waals surface area contributed by atoms with Gasteiger partial charge in [-0.15, -0.1) is 11.3 Å². The first kappa shape index (κ1) is 17.2. The average Bonchev–Trinajstić information content (AvgIpc) is 3.26. The summed E-state index contributed by atoms with van der Waals surface area (Å²) < 4.78 is 1.26. The number of carbonyl (C=O) groups excluding carboxylic acids is 1. The minimum absolute atomic E-state index is 0.0304. The van der Waals surface area contributed by atoms with E-state index in [1.807, 2.05) is 12.1 Å². The predicted octanol–water partition coefficient (Wildman–Crippen LogP) is 6.19. The minimum atomic E-state index is -0.0304. The molecule has 4 aromatic rings. The van der Waals surface area contributed by atoms with Crippen molar-refractivity contribution in [1.29, 1.82) is 0 Å². The second-order valence-corrected chi connectivity index (χ2v) is 9.15. The van der Waals surface area contributed by atoms with Crippen molar-refractivity contribution in [2.45, 2.75) is 26.7 Å². The van der Waals surface area contributed by atoms with Gasteiger partial charge in [-0.3, -0.25) is 9.78 Å². The zero-order valence-corrected chi connectivity index (χ0v) is 16.7. The Morgan fingerprint density at radius 3 is 2.75 bits per heavy atom. The highest BCUT2D eigenvalue weighted by atomic mass is 32.1. The van der Waals surface area contributed by atoms with Crippen molar-refractivity contribution in [2.75, 3.05) is 5.32 Å². The fourth-order valence-corrected chi connectivity index (χ4v) is 4.88. The highest BCUT2D eigenvalue weighted by molar-refractivity contribution is 7.17. The van der Waals surface area contributed by atoms with Gasteiger partial charge >= 0.3 is 0 Å². The number of anilines is 2. The molecule has 0 spiro atoms. The van der Waals surface area contributed by atoms with Gasteiger partial charge in [0.15, 0.2) is 5.78 Å². The van der Waals surface area contributed by atoms with Gasteiger partial charge in [-0.2, -0.15) is 0 Å². The van der Waals surface area contributed by atoms with Gasteiger partial charge in [0.2, 0.25) is 0 Å². The molecule has 0 bridgehead atoms. The first-order chi connectivity index (χ1) is 13.5. The Balaban J connectivity index is 1.66. The van der Waals surface area contributed by atoms with Crippen LogP contribution in [0.25, 0.3) is 21.3 Å². The number of aromatic amines is 1. The summed E-state index contributed by atoms with van der Waals surface area (Å²) in [6, 6.07) is 12.4. The minimum Gasteiger partial charge on any atom is -0.356 e. The molecule has 2 N–H and O–H groups in total. The molecule has 3 heterocycles. The second kappa shape index (κ2) is 6.31. The monoisotopic (exact) mass is 387 g/mol. The number of benzene rings is 1.